The summed E-state index contributed by atoms with van der Waals surface area (Å²) in [5.74, 6) is 0. The topological polar surface area (TPSA) is 21.3 Å². The lowest BCUT2D eigenvalue weighted by atomic mass is 10.1. The summed E-state index contributed by atoms with van der Waals surface area (Å²) in [6.07, 6.45) is 4.99. The zero-order valence-electron chi connectivity index (χ0n) is 5.65. The standard InChI is InChI=1S/C7H13NO/c1-3-7(8-5-1)4-2-6-9-7/h8H,1-6H2. The van der Waals surface area contributed by atoms with Crippen LogP contribution in [0.4, 0.5) is 0 Å². The number of nitrogens with one attached hydrogen (secondary N) is 1. The van der Waals surface area contributed by atoms with E-state index in [0.29, 0.717) is 0 Å². The Kier molecular flexibility index (Phi) is 1.24. The third kappa shape index (κ3) is 0.864. The summed E-state index contributed by atoms with van der Waals surface area (Å²) in [4.78, 5) is 0. The number of hydrogen-bond donors (Lipinski definition) is 1. The van der Waals surface area contributed by atoms with Crippen molar-refractivity contribution in [3.63, 3.8) is 0 Å². The third-order valence-electron chi connectivity index (χ3n) is 2.31. The molecular weight excluding hydrogens is 114 g/mol. The molecule has 0 saturated carbocycles. The molecule has 9 heavy (non-hydrogen) atoms. The van der Waals surface area contributed by atoms with E-state index in [1.807, 2.05) is 0 Å². The smallest absolute Gasteiger partial charge is 0.119 e. The minimum absolute atomic E-state index is 0.139. The van der Waals surface area contributed by atoms with Gasteiger partial charge in [0.25, 0.3) is 0 Å². The summed E-state index contributed by atoms with van der Waals surface area (Å²) in [5, 5.41) is 3.41. The highest BCUT2D eigenvalue weighted by atomic mass is 16.5. The zero-order valence-corrected chi connectivity index (χ0v) is 5.65. The van der Waals surface area contributed by atoms with Gasteiger partial charge < -0.3 is 4.74 Å². The van der Waals surface area contributed by atoms with Crippen molar-refractivity contribution in [1.29, 1.82) is 0 Å². The molecule has 2 aliphatic heterocycles. The number of hydrogen-bond acceptors (Lipinski definition) is 2. The Labute approximate surface area is 55.6 Å². The molecule has 0 aromatic carbocycles. The number of rotatable bonds is 0. The van der Waals surface area contributed by atoms with Gasteiger partial charge in [-0.1, -0.05) is 0 Å². The predicted octanol–water partition coefficient (Wildman–Crippen LogP) is 0.877. The maximum absolute atomic E-state index is 5.59. The highest BCUT2D eigenvalue weighted by molar-refractivity contribution is 4.87. The van der Waals surface area contributed by atoms with Gasteiger partial charge in [0.15, 0.2) is 0 Å². The van der Waals surface area contributed by atoms with Gasteiger partial charge in [0, 0.05) is 6.61 Å². The Hall–Kier alpha value is -0.0800. The Morgan fingerprint density at radius 3 is 2.67 bits per heavy atom. The molecule has 2 rings (SSSR count). The highest BCUT2D eigenvalue weighted by Crippen LogP contribution is 2.30. The van der Waals surface area contributed by atoms with Crippen molar-refractivity contribution in [2.24, 2.45) is 0 Å². The van der Waals surface area contributed by atoms with Gasteiger partial charge in [-0.3, -0.25) is 5.32 Å². The number of ether oxygens (including phenoxy) is 1. The van der Waals surface area contributed by atoms with Crippen molar-refractivity contribution in [3.05, 3.63) is 0 Å². The predicted molar refractivity (Wildman–Crippen MR) is 35.2 cm³/mol. The van der Waals surface area contributed by atoms with Gasteiger partial charge in [-0.25, -0.2) is 0 Å². The van der Waals surface area contributed by atoms with E-state index >= 15 is 0 Å². The fourth-order valence-corrected chi connectivity index (χ4v) is 1.81. The molecule has 0 radical (unpaired) electrons. The molecule has 52 valence electrons. The van der Waals surface area contributed by atoms with Gasteiger partial charge in [0.1, 0.15) is 5.72 Å². The maximum atomic E-state index is 5.59. The molecule has 1 atom stereocenters. The first-order valence-corrected chi connectivity index (χ1v) is 3.80. The van der Waals surface area contributed by atoms with Crippen molar-refractivity contribution >= 4 is 0 Å². The van der Waals surface area contributed by atoms with E-state index in [0.717, 1.165) is 13.2 Å². The van der Waals surface area contributed by atoms with Crippen LogP contribution in [0.25, 0.3) is 0 Å². The fourth-order valence-electron chi connectivity index (χ4n) is 1.81. The van der Waals surface area contributed by atoms with Crippen LogP contribution in [0.1, 0.15) is 25.7 Å². The van der Waals surface area contributed by atoms with Crippen LogP contribution in [0.3, 0.4) is 0 Å². The summed E-state index contributed by atoms with van der Waals surface area (Å²) < 4.78 is 5.59. The van der Waals surface area contributed by atoms with Crippen LogP contribution in [0, 0.1) is 0 Å². The van der Waals surface area contributed by atoms with Gasteiger partial charge >= 0.3 is 0 Å². The summed E-state index contributed by atoms with van der Waals surface area (Å²) in [5.41, 5.74) is 0.139. The van der Waals surface area contributed by atoms with Crippen molar-refractivity contribution < 1.29 is 4.74 Å². The summed E-state index contributed by atoms with van der Waals surface area (Å²) in [6.45, 7) is 2.12. The van der Waals surface area contributed by atoms with E-state index in [2.05, 4.69) is 5.32 Å². The van der Waals surface area contributed by atoms with Crippen molar-refractivity contribution in [1.82, 2.24) is 5.32 Å². The van der Waals surface area contributed by atoms with Crippen molar-refractivity contribution in [3.8, 4) is 0 Å². The fraction of sp³-hybridized carbons (Fsp3) is 1.00. The maximum Gasteiger partial charge on any atom is 0.119 e. The third-order valence-corrected chi connectivity index (χ3v) is 2.31. The van der Waals surface area contributed by atoms with Crippen molar-refractivity contribution in [2.75, 3.05) is 13.2 Å². The molecule has 2 saturated heterocycles. The van der Waals surface area contributed by atoms with Crippen LogP contribution in [0.15, 0.2) is 0 Å². The highest BCUT2D eigenvalue weighted by Gasteiger charge is 2.37. The average Bonchev–Trinajstić information content (AvgIpc) is 2.45. The lowest BCUT2D eigenvalue weighted by Gasteiger charge is -2.21. The van der Waals surface area contributed by atoms with E-state index in [-0.39, 0.29) is 5.72 Å². The van der Waals surface area contributed by atoms with Crippen LogP contribution in [0.2, 0.25) is 0 Å². The lowest BCUT2D eigenvalue weighted by Crippen LogP contribution is -2.38. The normalized spacial score (nSPS) is 42.7. The molecule has 0 aliphatic carbocycles. The molecular formula is C7H13NO. The molecule has 0 aromatic heterocycles. The quantitative estimate of drug-likeness (QED) is 0.521. The van der Waals surface area contributed by atoms with Crippen LogP contribution >= 0.6 is 0 Å². The first-order chi connectivity index (χ1) is 4.41. The largest absolute Gasteiger partial charge is 0.361 e. The average molecular weight is 127 g/mol. The molecule has 2 heterocycles. The molecule has 2 aliphatic rings. The first kappa shape index (κ1) is 5.69. The Bertz CT molecular complexity index is 84.0. The first-order valence-electron chi connectivity index (χ1n) is 3.80. The van der Waals surface area contributed by atoms with Gasteiger partial charge in [-0.15, -0.1) is 0 Å². The monoisotopic (exact) mass is 127 g/mol. The minimum Gasteiger partial charge on any atom is -0.361 e. The van der Waals surface area contributed by atoms with E-state index in [1.165, 1.54) is 25.7 Å². The minimum atomic E-state index is 0.139. The second-order valence-electron chi connectivity index (χ2n) is 2.98. The van der Waals surface area contributed by atoms with Crippen LogP contribution in [-0.2, 0) is 4.74 Å². The van der Waals surface area contributed by atoms with Crippen LogP contribution in [-0.4, -0.2) is 18.9 Å². The van der Waals surface area contributed by atoms with Gasteiger partial charge in [-0.05, 0) is 32.2 Å². The molecule has 0 bridgehead atoms. The molecule has 1 spiro atoms. The summed E-state index contributed by atoms with van der Waals surface area (Å²) >= 11 is 0. The summed E-state index contributed by atoms with van der Waals surface area (Å²) in [7, 11) is 0. The second-order valence-corrected chi connectivity index (χ2v) is 2.98. The summed E-state index contributed by atoms with van der Waals surface area (Å²) in [6, 6.07) is 0. The van der Waals surface area contributed by atoms with Crippen LogP contribution < -0.4 is 5.32 Å². The van der Waals surface area contributed by atoms with Gasteiger partial charge in [0.05, 0.1) is 0 Å². The molecule has 1 unspecified atom stereocenters. The zero-order chi connectivity index (χ0) is 6.16. The van der Waals surface area contributed by atoms with Crippen LogP contribution in [0.5, 0.6) is 0 Å². The Balaban J connectivity index is 2.04. The second kappa shape index (κ2) is 1.96. The van der Waals surface area contributed by atoms with Crippen molar-refractivity contribution in [2.45, 2.75) is 31.4 Å². The van der Waals surface area contributed by atoms with Gasteiger partial charge in [-0.2, -0.15) is 0 Å². The lowest BCUT2D eigenvalue weighted by molar-refractivity contribution is -0.00825. The van der Waals surface area contributed by atoms with E-state index in [1.54, 1.807) is 0 Å². The molecule has 0 aromatic rings. The molecule has 2 fully saturated rings. The Morgan fingerprint density at radius 2 is 2.11 bits per heavy atom. The molecule has 1 N–H and O–H groups in total. The molecule has 2 heteroatoms. The molecule has 2 nitrogen and oxygen atoms in total. The van der Waals surface area contributed by atoms with E-state index in [4.69, 9.17) is 4.74 Å². The Morgan fingerprint density at radius 1 is 1.22 bits per heavy atom. The SMILES string of the molecule is C1CNC2(C1)CCCO2. The van der Waals surface area contributed by atoms with E-state index in [9.17, 15) is 0 Å². The van der Waals surface area contributed by atoms with Gasteiger partial charge in [0.2, 0.25) is 0 Å². The molecule has 0 amide bonds. The van der Waals surface area contributed by atoms with E-state index < -0.39 is 0 Å².